The molecule has 2 rings (SSSR count). The van der Waals surface area contributed by atoms with E-state index in [2.05, 4.69) is 5.32 Å². The molecule has 1 atom stereocenters. The minimum atomic E-state index is -1.18. The van der Waals surface area contributed by atoms with Crippen molar-refractivity contribution in [2.45, 2.75) is 38.5 Å². The molecule has 0 radical (unpaired) electrons. The van der Waals surface area contributed by atoms with Gasteiger partial charge in [-0.25, -0.2) is 8.78 Å². The second-order valence-electron chi connectivity index (χ2n) is 7.19. The van der Waals surface area contributed by atoms with Crippen LogP contribution in [0, 0.1) is 23.5 Å². The Labute approximate surface area is 151 Å². The molecule has 1 unspecified atom stereocenters. The molecule has 0 spiro atoms. The molecule has 1 aromatic rings. The van der Waals surface area contributed by atoms with E-state index in [4.69, 9.17) is 4.74 Å². The fourth-order valence-corrected chi connectivity index (χ4v) is 3.44. The largest absolute Gasteiger partial charge is 0.481 e. The van der Waals surface area contributed by atoms with Crippen LogP contribution < -0.4 is 5.32 Å². The molecule has 26 heavy (non-hydrogen) atoms. The highest BCUT2D eigenvalue weighted by atomic mass is 19.1. The first kappa shape index (κ1) is 20.3. The van der Waals surface area contributed by atoms with Gasteiger partial charge in [-0.2, -0.15) is 0 Å². The summed E-state index contributed by atoms with van der Waals surface area (Å²) in [7, 11) is 0. The number of carboxylic acids is 1. The molecule has 1 amide bonds. The van der Waals surface area contributed by atoms with E-state index < -0.39 is 34.8 Å². The predicted molar refractivity (Wildman–Crippen MR) is 91.7 cm³/mol. The van der Waals surface area contributed by atoms with Gasteiger partial charge in [0.1, 0.15) is 11.6 Å². The first-order valence-electron chi connectivity index (χ1n) is 8.80. The van der Waals surface area contributed by atoms with E-state index in [9.17, 15) is 23.5 Å². The quantitative estimate of drug-likeness (QED) is 0.775. The average Bonchev–Trinajstić information content (AvgIpc) is 2.58. The molecule has 1 aromatic carbocycles. The third-order valence-corrected chi connectivity index (χ3v) is 4.84. The van der Waals surface area contributed by atoms with Crippen LogP contribution in [-0.2, 0) is 19.7 Å². The van der Waals surface area contributed by atoms with E-state index >= 15 is 0 Å². The second-order valence-corrected chi connectivity index (χ2v) is 7.19. The molecule has 0 aliphatic carbocycles. The topological polar surface area (TPSA) is 75.6 Å². The number of carbonyl (C=O) groups is 2. The molecule has 0 saturated carbocycles. The van der Waals surface area contributed by atoms with Gasteiger partial charge in [0.05, 0.1) is 11.3 Å². The first-order chi connectivity index (χ1) is 12.3. The van der Waals surface area contributed by atoms with Crippen LogP contribution in [0.15, 0.2) is 18.2 Å². The molecule has 1 aliphatic heterocycles. The number of carbonyl (C=O) groups excluding carboxylic acids is 1. The van der Waals surface area contributed by atoms with Gasteiger partial charge in [-0.05, 0) is 31.2 Å². The third kappa shape index (κ3) is 4.58. The number of amides is 1. The Bertz CT molecular complexity index is 657. The van der Waals surface area contributed by atoms with E-state index in [0.717, 1.165) is 12.1 Å². The number of carboxylic acid groups (broad SMARTS) is 1. The van der Waals surface area contributed by atoms with Crippen LogP contribution in [0.5, 0.6) is 0 Å². The van der Waals surface area contributed by atoms with Crippen molar-refractivity contribution < 1.29 is 28.2 Å². The van der Waals surface area contributed by atoms with Crippen molar-refractivity contribution in [3.63, 3.8) is 0 Å². The SMILES string of the molecule is CC(C)CC(CNC(=O)C1(c2ccc(F)cc2F)CCOCC1)C(=O)O. The van der Waals surface area contributed by atoms with E-state index in [-0.39, 0.29) is 44.1 Å². The zero-order valence-corrected chi connectivity index (χ0v) is 15.1. The fraction of sp³-hybridized carbons (Fsp3) is 0.579. The molecule has 144 valence electrons. The first-order valence-corrected chi connectivity index (χ1v) is 8.80. The maximum Gasteiger partial charge on any atom is 0.308 e. The van der Waals surface area contributed by atoms with Crippen molar-refractivity contribution in [3.8, 4) is 0 Å². The summed E-state index contributed by atoms with van der Waals surface area (Å²) < 4.78 is 33.0. The number of rotatable bonds is 7. The van der Waals surface area contributed by atoms with Crippen LogP contribution in [0.1, 0.15) is 38.7 Å². The van der Waals surface area contributed by atoms with E-state index in [1.165, 1.54) is 6.07 Å². The van der Waals surface area contributed by atoms with Crippen LogP contribution in [0.3, 0.4) is 0 Å². The van der Waals surface area contributed by atoms with Gasteiger partial charge in [0.2, 0.25) is 5.91 Å². The van der Waals surface area contributed by atoms with Gasteiger partial charge in [0.25, 0.3) is 0 Å². The number of aliphatic carboxylic acids is 1. The van der Waals surface area contributed by atoms with Gasteiger partial charge in [-0.15, -0.1) is 0 Å². The zero-order chi connectivity index (χ0) is 19.3. The Morgan fingerprint density at radius 3 is 2.46 bits per heavy atom. The summed E-state index contributed by atoms with van der Waals surface area (Å²) >= 11 is 0. The second kappa shape index (κ2) is 8.58. The zero-order valence-electron chi connectivity index (χ0n) is 15.1. The van der Waals surface area contributed by atoms with Gasteiger partial charge in [0, 0.05) is 31.4 Å². The Kier molecular flexibility index (Phi) is 6.69. The minimum absolute atomic E-state index is 0.0300. The minimum Gasteiger partial charge on any atom is -0.481 e. The van der Waals surface area contributed by atoms with E-state index in [1.807, 2.05) is 13.8 Å². The molecule has 0 aromatic heterocycles. The molecule has 1 fully saturated rings. The molecule has 1 saturated heterocycles. The summed E-state index contributed by atoms with van der Waals surface area (Å²) in [4.78, 5) is 24.3. The maximum absolute atomic E-state index is 14.4. The number of nitrogens with one attached hydrogen (secondary N) is 1. The van der Waals surface area contributed by atoms with Crippen molar-refractivity contribution in [2.75, 3.05) is 19.8 Å². The highest BCUT2D eigenvalue weighted by Crippen LogP contribution is 2.37. The predicted octanol–water partition coefficient (Wildman–Crippen LogP) is 2.88. The van der Waals surface area contributed by atoms with Crippen LogP contribution in [-0.4, -0.2) is 36.7 Å². The maximum atomic E-state index is 14.4. The van der Waals surface area contributed by atoms with Gasteiger partial charge >= 0.3 is 5.97 Å². The lowest BCUT2D eigenvalue weighted by Gasteiger charge is -2.36. The number of benzene rings is 1. The molecule has 7 heteroatoms. The lowest BCUT2D eigenvalue weighted by molar-refractivity contribution is -0.142. The Hall–Kier alpha value is -2.02. The lowest BCUT2D eigenvalue weighted by Crippen LogP contribution is -2.50. The summed E-state index contributed by atoms with van der Waals surface area (Å²) in [5.41, 5.74) is -1.06. The standard InChI is InChI=1S/C19H25F2NO4/c1-12(2)9-13(17(23)24)11-22-18(25)19(5-7-26-8-6-19)15-4-3-14(20)10-16(15)21/h3-4,10,12-13H,5-9,11H2,1-2H3,(H,22,25)(H,23,24). The van der Waals surface area contributed by atoms with Gasteiger partial charge in [0.15, 0.2) is 0 Å². The van der Waals surface area contributed by atoms with E-state index in [0.29, 0.717) is 6.42 Å². The van der Waals surface area contributed by atoms with Crippen LogP contribution in [0.2, 0.25) is 0 Å². The molecule has 1 aliphatic rings. The molecule has 2 N–H and O–H groups in total. The Morgan fingerprint density at radius 1 is 1.27 bits per heavy atom. The van der Waals surface area contributed by atoms with Crippen molar-refractivity contribution in [3.05, 3.63) is 35.4 Å². The Morgan fingerprint density at radius 2 is 1.92 bits per heavy atom. The highest BCUT2D eigenvalue weighted by molar-refractivity contribution is 5.88. The average molecular weight is 369 g/mol. The molecule has 0 bridgehead atoms. The van der Waals surface area contributed by atoms with Crippen LogP contribution in [0.4, 0.5) is 8.78 Å². The van der Waals surface area contributed by atoms with Crippen molar-refractivity contribution in [1.29, 1.82) is 0 Å². The number of hydrogen-bond acceptors (Lipinski definition) is 3. The summed E-state index contributed by atoms with van der Waals surface area (Å²) in [6.45, 7) is 4.34. The van der Waals surface area contributed by atoms with Crippen molar-refractivity contribution >= 4 is 11.9 Å². The summed E-state index contributed by atoms with van der Waals surface area (Å²) in [5, 5.41) is 12.0. The smallest absolute Gasteiger partial charge is 0.308 e. The lowest BCUT2D eigenvalue weighted by atomic mass is 9.73. The summed E-state index contributed by atoms with van der Waals surface area (Å²) in [6.07, 6.45) is 0.934. The number of halogens is 2. The van der Waals surface area contributed by atoms with Gasteiger partial charge in [-0.1, -0.05) is 19.9 Å². The van der Waals surface area contributed by atoms with Crippen molar-refractivity contribution in [2.24, 2.45) is 11.8 Å². The third-order valence-electron chi connectivity index (χ3n) is 4.84. The van der Waals surface area contributed by atoms with Crippen LogP contribution in [0.25, 0.3) is 0 Å². The highest BCUT2D eigenvalue weighted by Gasteiger charge is 2.43. The summed E-state index contributed by atoms with van der Waals surface area (Å²) in [6, 6.07) is 3.18. The fourth-order valence-electron chi connectivity index (χ4n) is 3.44. The molecular formula is C19H25F2NO4. The number of ether oxygens (including phenoxy) is 1. The van der Waals surface area contributed by atoms with Crippen molar-refractivity contribution in [1.82, 2.24) is 5.32 Å². The molecule has 1 heterocycles. The van der Waals surface area contributed by atoms with Gasteiger partial charge in [-0.3, -0.25) is 9.59 Å². The van der Waals surface area contributed by atoms with E-state index in [1.54, 1.807) is 0 Å². The van der Waals surface area contributed by atoms with Crippen LogP contribution >= 0.6 is 0 Å². The monoisotopic (exact) mass is 369 g/mol. The number of hydrogen-bond donors (Lipinski definition) is 2. The normalized spacial score (nSPS) is 17.7. The molecular weight excluding hydrogens is 344 g/mol. The van der Waals surface area contributed by atoms with Gasteiger partial charge < -0.3 is 15.2 Å². The Balaban J connectivity index is 2.23. The molecule has 5 nitrogen and oxygen atoms in total. The summed E-state index contributed by atoms with van der Waals surface area (Å²) in [5.74, 6) is -3.46.